The second kappa shape index (κ2) is 5.61. The van der Waals surface area contributed by atoms with E-state index in [4.69, 9.17) is 0 Å². The summed E-state index contributed by atoms with van der Waals surface area (Å²) >= 11 is 0. The molecule has 19 heavy (non-hydrogen) atoms. The van der Waals surface area contributed by atoms with Crippen molar-refractivity contribution in [2.75, 3.05) is 6.54 Å². The van der Waals surface area contributed by atoms with E-state index in [1.165, 1.54) is 0 Å². The largest absolute Gasteiger partial charge is 0.313 e. The molecule has 5 heteroatoms. The van der Waals surface area contributed by atoms with E-state index < -0.39 is 10.0 Å². The van der Waals surface area contributed by atoms with Crippen LogP contribution in [0.1, 0.15) is 38.7 Å². The Morgan fingerprint density at radius 1 is 1.21 bits per heavy atom. The van der Waals surface area contributed by atoms with Gasteiger partial charge in [0, 0.05) is 12.1 Å². The van der Waals surface area contributed by atoms with Crippen LogP contribution in [0.5, 0.6) is 0 Å². The van der Waals surface area contributed by atoms with E-state index in [1.54, 1.807) is 12.1 Å². The Morgan fingerprint density at radius 2 is 1.84 bits per heavy atom. The van der Waals surface area contributed by atoms with E-state index in [9.17, 15) is 8.42 Å². The summed E-state index contributed by atoms with van der Waals surface area (Å²) in [4.78, 5) is 0.347. The first-order chi connectivity index (χ1) is 8.95. The highest BCUT2D eigenvalue weighted by Gasteiger charge is 2.41. The molecule has 0 radical (unpaired) electrons. The van der Waals surface area contributed by atoms with Gasteiger partial charge < -0.3 is 5.32 Å². The van der Waals surface area contributed by atoms with E-state index in [0.717, 1.165) is 37.9 Å². The first-order valence-electron chi connectivity index (χ1n) is 6.79. The molecule has 0 saturated heterocycles. The van der Waals surface area contributed by atoms with Gasteiger partial charge in [-0.2, -0.15) is 0 Å². The number of rotatable bonds is 7. The second-order valence-corrected chi connectivity index (χ2v) is 7.17. The molecule has 1 fully saturated rings. The molecule has 0 amide bonds. The van der Waals surface area contributed by atoms with Gasteiger partial charge in [0.05, 0.1) is 4.90 Å². The third-order valence-corrected chi connectivity index (χ3v) is 5.02. The number of hydrogen-bond acceptors (Lipinski definition) is 3. The lowest BCUT2D eigenvalue weighted by Crippen LogP contribution is -2.34. The van der Waals surface area contributed by atoms with Gasteiger partial charge in [-0.1, -0.05) is 19.1 Å². The van der Waals surface area contributed by atoms with Crippen LogP contribution in [0.4, 0.5) is 0 Å². The number of sulfonamides is 1. The van der Waals surface area contributed by atoms with Crippen LogP contribution in [0.15, 0.2) is 29.2 Å². The molecule has 2 rings (SSSR count). The van der Waals surface area contributed by atoms with Crippen molar-refractivity contribution < 1.29 is 8.42 Å². The van der Waals surface area contributed by atoms with E-state index in [1.807, 2.05) is 19.1 Å². The van der Waals surface area contributed by atoms with Crippen molar-refractivity contribution >= 4 is 10.0 Å². The molecule has 1 aliphatic rings. The minimum atomic E-state index is -3.37. The van der Waals surface area contributed by atoms with E-state index in [0.29, 0.717) is 4.90 Å². The number of benzene rings is 1. The van der Waals surface area contributed by atoms with Gasteiger partial charge >= 0.3 is 0 Å². The van der Waals surface area contributed by atoms with Crippen LogP contribution in [-0.4, -0.2) is 20.5 Å². The van der Waals surface area contributed by atoms with Crippen molar-refractivity contribution in [3.63, 3.8) is 0 Å². The van der Waals surface area contributed by atoms with Crippen molar-refractivity contribution in [3.05, 3.63) is 29.8 Å². The van der Waals surface area contributed by atoms with Crippen LogP contribution in [0.25, 0.3) is 0 Å². The Hall–Kier alpha value is -0.910. The van der Waals surface area contributed by atoms with Gasteiger partial charge in [-0.15, -0.1) is 0 Å². The van der Waals surface area contributed by atoms with Crippen LogP contribution in [0.2, 0.25) is 0 Å². The highest BCUT2D eigenvalue weighted by Crippen LogP contribution is 2.35. The van der Waals surface area contributed by atoms with Crippen LogP contribution < -0.4 is 10.0 Å². The van der Waals surface area contributed by atoms with Gasteiger partial charge in [-0.3, -0.25) is 0 Å². The third kappa shape index (κ3) is 4.03. The van der Waals surface area contributed by atoms with E-state index in [2.05, 4.69) is 17.0 Å². The maximum Gasteiger partial charge on any atom is 0.241 e. The molecular weight excluding hydrogens is 260 g/mol. The van der Waals surface area contributed by atoms with Crippen LogP contribution >= 0.6 is 0 Å². The highest BCUT2D eigenvalue weighted by molar-refractivity contribution is 7.89. The Labute approximate surface area is 115 Å². The van der Waals surface area contributed by atoms with Gasteiger partial charge in [0.1, 0.15) is 0 Å². The van der Waals surface area contributed by atoms with E-state index >= 15 is 0 Å². The Balaban J connectivity index is 2.01. The highest BCUT2D eigenvalue weighted by atomic mass is 32.2. The fourth-order valence-electron chi connectivity index (χ4n) is 1.87. The molecule has 106 valence electrons. The van der Waals surface area contributed by atoms with Crippen LogP contribution in [0, 0.1) is 0 Å². The maximum absolute atomic E-state index is 12.1. The average Bonchev–Trinajstić information content (AvgIpc) is 3.07. The minimum absolute atomic E-state index is 0.222. The zero-order valence-corrected chi connectivity index (χ0v) is 12.4. The fraction of sp³-hybridized carbons (Fsp3) is 0.571. The second-order valence-electron chi connectivity index (χ2n) is 5.49. The Kier molecular flexibility index (Phi) is 4.28. The molecule has 0 aromatic heterocycles. The van der Waals surface area contributed by atoms with Gasteiger partial charge in [-0.05, 0) is 50.4 Å². The molecule has 2 N–H and O–H groups in total. The van der Waals surface area contributed by atoms with Gasteiger partial charge in [0.2, 0.25) is 10.0 Å². The summed E-state index contributed by atoms with van der Waals surface area (Å²) in [6, 6.07) is 7.09. The minimum Gasteiger partial charge on any atom is -0.313 e. The van der Waals surface area contributed by atoms with E-state index in [-0.39, 0.29) is 5.54 Å². The molecule has 0 heterocycles. The lowest BCUT2D eigenvalue weighted by Gasteiger charge is -2.12. The fourth-order valence-corrected chi connectivity index (χ4v) is 3.33. The van der Waals surface area contributed by atoms with Crippen molar-refractivity contribution in [1.29, 1.82) is 0 Å². The lowest BCUT2D eigenvalue weighted by atomic mass is 10.2. The molecule has 0 bridgehead atoms. The summed E-state index contributed by atoms with van der Waals surface area (Å²) in [5.74, 6) is 0. The van der Waals surface area contributed by atoms with Crippen molar-refractivity contribution in [2.45, 2.75) is 50.1 Å². The first-order valence-corrected chi connectivity index (χ1v) is 8.27. The zero-order chi connectivity index (χ0) is 13.9. The standard InChI is InChI=1S/C14H22N2O2S/c1-3-10-15-11-12-4-6-13(7-5-12)19(17,18)16-14(2)8-9-14/h4-7,15-16H,3,8-11H2,1-2H3. The normalized spacial score (nSPS) is 17.4. The summed E-state index contributed by atoms with van der Waals surface area (Å²) in [6.45, 7) is 5.81. The van der Waals surface area contributed by atoms with Crippen molar-refractivity contribution in [1.82, 2.24) is 10.0 Å². The molecule has 0 spiro atoms. The molecule has 1 aliphatic carbocycles. The zero-order valence-electron chi connectivity index (χ0n) is 11.6. The SMILES string of the molecule is CCCNCc1ccc(S(=O)(=O)NC2(C)CC2)cc1. The van der Waals surface area contributed by atoms with Gasteiger partial charge in [0.15, 0.2) is 0 Å². The number of hydrogen-bond donors (Lipinski definition) is 2. The predicted octanol–water partition coefficient (Wildman–Crippen LogP) is 2.02. The quantitative estimate of drug-likeness (QED) is 0.752. The summed E-state index contributed by atoms with van der Waals surface area (Å²) in [7, 11) is -3.37. The van der Waals surface area contributed by atoms with Crippen LogP contribution in [0.3, 0.4) is 0 Å². The average molecular weight is 282 g/mol. The summed E-state index contributed by atoms with van der Waals surface area (Å²) < 4.78 is 27.0. The van der Waals surface area contributed by atoms with Gasteiger partial charge in [0.25, 0.3) is 0 Å². The summed E-state index contributed by atoms with van der Waals surface area (Å²) in [6.07, 6.45) is 2.94. The Bertz CT molecular complexity index is 519. The Morgan fingerprint density at radius 3 is 2.37 bits per heavy atom. The molecular formula is C14H22N2O2S. The molecule has 0 atom stereocenters. The smallest absolute Gasteiger partial charge is 0.241 e. The molecule has 0 aliphatic heterocycles. The molecule has 4 nitrogen and oxygen atoms in total. The molecule has 0 unspecified atom stereocenters. The number of nitrogens with one attached hydrogen (secondary N) is 2. The maximum atomic E-state index is 12.1. The molecule has 1 aromatic rings. The topological polar surface area (TPSA) is 58.2 Å². The van der Waals surface area contributed by atoms with Gasteiger partial charge in [-0.25, -0.2) is 13.1 Å². The predicted molar refractivity (Wildman–Crippen MR) is 76.4 cm³/mol. The lowest BCUT2D eigenvalue weighted by molar-refractivity contribution is 0.558. The summed E-state index contributed by atoms with van der Waals surface area (Å²) in [5.41, 5.74) is 0.880. The van der Waals surface area contributed by atoms with Crippen molar-refractivity contribution in [3.8, 4) is 0 Å². The third-order valence-electron chi connectivity index (χ3n) is 3.37. The monoisotopic (exact) mass is 282 g/mol. The molecule has 1 saturated carbocycles. The molecule has 1 aromatic carbocycles. The van der Waals surface area contributed by atoms with Crippen LogP contribution in [-0.2, 0) is 16.6 Å². The van der Waals surface area contributed by atoms with Crippen molar-refractivity contribution in [2.24, 2.45) is 0 Å². The first kappa shape index (κ1) is 14.5. The summed E-state index contributed by atoms with van der Waals surface area (Å²) in [5, 5.41) is 3.29.